The van der Waals surface area contributed by atoms with E-state index in [4.69, 9.17) is 27.9 Å². The molecule has 0 saturated carbocycles. The summed E-state index contributed by atoms with van der Waals surface area (Å²) in [5, 5.41) is -0.132. The smallest absolute Gasteiger partial charge is 0.374 e. The number of ether oxygens (including phenoxy) is 5. The van der Waals surface area contributed by atoms with Gasteiger partial charge in [0.05, 0.1) is 46.2 Å². The second kappa shape index (κ2) is 21.4. The largest absolute Gasteiger partial charge is 0.397 e. The van der Waals surface area contributed by atoms with E-state index in [-0.39, 0.29) is 37.3 Å². The van der Waals surface area contributed by atoms with Gasteiger partial charge in [-0.05, 0) is 27.8 Å². The highest BCUT2D eigenvalue weighted by molar-refractivity contribution is 7.97. The lowest BCUT2D eigenvalue weighted by molar-refractivity contribution is -0.0769. The molecule has 0 aliphatic carbocycles. The van der Waals surface area contributed by atoms with Crippen LogP contribution in [0.5, 0.6) is 0 Å². The monoisotopic (exact) mass is 785 g/mol. The minimum absolute atomic E-state index is 0.132. The summed E-state index contributed by atoms with van der Waals surface area (Å²) in [5.74, 6) is 1.01. The molecule has 1 heterocycles. The summed E-state index contributed by atoms with van der Waals surface area (Å²) in [6, 6.07) is 49.3. The van der Waals surface area contributed by atoms with Crippen molar-refractivity contribution in [2.45, 2.75) is 62.7 Å². The summed E-state index contributed by atoms with van der Waals surface area (Å²) >= 11 is 0. The third kappa shape index (κ3) is 13.7. The molecule has 5 aromatic rings. The van der Waals surface area contributed by atoms with E-state index >= 15 is 0 Å². The highest BCUT2D eigenvalue weighted by Gasteiger charge is 2.54. The average molecular weight is 786 g/mol. The Balaban J connectivity index is 1.28. The van der Waals surface area contributed by atoms with Gasteiger partial charge in [0.25, 0.3) is 0 Å². The summed E-state index contributed by atoms with van der Waals surface area (Å²) in [7, 11) is -5.36. The molecule has 1 fully saturated rings. The standard InChI is InChI=1S/C44H48O9S2/c45-55(46,47)53-40(31-48-26-35-16-6-1-7-17-35)41(50-28-37-20-10-3-11-21-37)33-54-34-42(51-29-38-22-12-4-13-23-38)44(52-30-39-24-14-5-15-25-39)43(54)32-49-27-36-18-8-2-9-19-36/h1-25,40-44H,26-34H2/p+1/t40?,41-,42-,43-,44+,54?/m1/s1. The third-order valence-corrected chi connectivity index (χ3v) is 12.5. The van der Waals surface area contributed by atoms with Crippen LogP contribution in [0.4, 0.5) is 0 Å². The quantitative estimate of drug-likeness (QED) is 0.0569. The molecule has 0 spiro atoms. The van der Waals surface area contributed by atoms with Gasteiger partial charge >= 0.3 is 10.4 Å². The number of benzene rings is 5. The van der Waals surface area contributed by atoms with E-state index in [0.29, 0.717) is 37.9 Å². The Morgan fingerprint density at radius 3 is 1.49 bits per heavy atom. The van der Waals surface area contributed by atoms with Crippen molar-refractivity contribution >= 4 is 21.3 Å². The fraction of sp³-hybridized carbons (Fsp3) is 0.318. The minimum Gasteiger partial charge on any atom is -0.374 e. The number of hydrogen-bond acceptors (Lipinski definition) is 8. The first kappa shape index (κ1) is 40.8. The van der Waals surface area contributed by atoms with Gasteiger partial charge in [-0.1, -0.05) is 152 Å². The fourth-order valence-corrected chi connectivity index (χ4v) is 9.97. The Hall–Kier alpha value is -3.88. The molecule has 55 heavy (non-hydrogen) atoms. The van der Waals surface area contributed by atoms with Gasteiger partial charge in [0.1, 0.15) is 35.9 Å². The second-order valence-corrected chi connectivity index (χ2v) is 16.8. The topological polar surface area (TPSA) is 110 Å². The maximum absolute atomic E-state index is 12.3. The van der Waals surface area contributed by atoms with Crippen LogP contribution < -0.4 is 0 Å². The lowest BCUT2D eigenvalue weighted by Gasteiger charge is -2.27. The zero-order valence-electron chi connectivity index (χ0n) is 30.7. The Bertz CT molecular complexity index is 1900. The molecule has 0 aromatic heterocycles. The predicted octanol–water partition coefficient (Wildman–Crippen LogP) is 7.36. The van der Waals surface area contributed by atoms with Gasteiger partial charge in [0.2, 0.25) is 0 Å². The molecule has 9 nitrogen and oxygen atoms in total. The molecular weight excluding hydrogens is 737 g/mol. The Morgan fingerprint density at radius 1 is 0.564 bits per heavy atom. The van der Waals surface area contributed by atoms with Crippen LogP contribution in [0.1, 0.15) is 27.8 Å². The van der Waals surface area contributed by atoms with Crippen molar-refractivity contribution in [2.75, 3.05) is 24.7 Å². The maximum atomic E-state index is 12.3. The van der Waals surface area contributed by atoms with Crippen molar-refractivity contribution in [3.63, 3.8) is 0 Å². The molecular formula is C44H49O9S2+. The van der Waals surface area contributed by atoms with Crippen LogP contribution in [0.3, 0.4) is 0 Å². The van der Waals surface area contributed by atoms with Crippen molar-refractivity contribution in [1.82, 2.24) is 0 Å². The van der Waals surface area contributed by atoms with Gasteiger partial charge in [-0.15, -0.1) is 0 Å². The Labute approximate surface area is 327 Å². The van der Waals surface area contributed by atoms with Gasteiger partial charge in [-0.3, -0.25) is 4.55 Å². The van der Waals surface area contributed by atoms with Gasteiger partial charge in [0, 0.05) is 10.9 Å². The lowest BCUT2D eigenvalue weighted by Crippen LogP contribution is -2.45. The molecule has 11 heteroatoms. The van der Waals surface area contributed by atoms with Crippen molar-refractivity contribution < 1.29 is 40.8 Å². The van der Waals surface area contributed by atoms with Crippen LogP contribution in [0.2, 0.25) is 0 Å². The molecule has 1 saturated heterocycles. The molecule has 0 bridgehead atoms. The van der Waals surface area contributed by atoms with Crippen LogP contribution >= 0.6 is 0 Å². The third-order valence-electron chi connectivity index (χ3n) is 9.26. The molecule has 1 aliphatic heterocycles. The second-order valence-electron chi connectivity index (χ2n) is 13.4. The predicted molar refractivity (Wildman–Crippen MR) is 215 cm³/mol. The molecule has 1 N–H and O–H groups in total. The van der Waals surface area contributed by atoms with Crippen molar-refractivity contribution in [3.8, 4) is 0 Å². The van der Waals surface area contributed by atoms with Gasteiger partial charge in [-0.2, -0.15) is 8.42 Å². The van der Waals surface area contributed by atoms with Crippen molar-refractivity contribution in [1.29, 1.82) is 0 Å². The van der Waals surface area contributed by atoms with E-state index in [1.807, 2.05) is 152 Å². The highest BCUT2D eigenvalue weighted by atomic mass is 32.3. The number of hydrogen-bond donors (Lipinski definition) is 1. The molecule has 0 amide bonds. The SMILES string of the molecule is O=S(=O)(O)OC(COCc1ccccc1)[C@@H](C[S+]1C[C@@H](OCc2ccccc2)[C@H](OCc2ccccc2)[C@H]1COCc1ccccc1)OCc1ccccc1. The summed E-state index contributed by atoms with van der Waals surface area (Å²) in [4.78, 5) is 0. The molecule has 2 unspecified atom stereocenters. The molecule has 290 valence electrons. The first-order valence-corrected chi connectivity index (χ1v) is 21.4. The van der Waals surface area contributed by atoms with Gasteiger partial charge in [-0.25, -0.2) is 4.18 Å². The summed E-state index contributed by atoms with van der Waals surface area (Å²) in [5.41, 5.74) is 4.98. The molecule has 0 radical (unpaired) electrons. The van der Waals surface area contributed by atoms with E-state index in [9.17, 15) is 13.0 Å². The van der Waals surface area contributed by atoms with Gasteiger partial charge < -0.3 is 23.7 Å². The molecule has 6 atom stereocenters. The zero-order chi connectivity index (χ0) is 38.1. The first-order valence-electron chi connectivity index (χ1n) is 18.4. The van der Waals surface area contributed by atoms with Crippen LogP contribution in [-0.2, 0) is 82.2 Å². The van der Waals surface area contributed by atoms with E-state index < -0.39 is 33.5 Å². The van der Waals surface area contributed by atoms with Crippen LogP contribution in [-0.4, -0.2) is 67.4 Å². The highest BCUT2D eigenvalue weighted by Crippen LogP contribution is 2.33. The van der Waals surface area contributed by atoms with Crippen LogP contribution in [0, 0.1) is 0 Å². The Morgan fingerprint density at radius 2 is 1.00 bits per heavy atom. The lowest BCUT2D eigenvalue weighted by atomic mass is 10.1. The van der Waals surface area contributed by atoms with Crippen LogP contribution in [0.25, 0.3) is 0 Å². The van der Waals surface area contributed by atoms with E-state index in [1.165, 1.54) is 0 Å². The minimum atomic E-state index is -4.87. The Kier molecular flexibility index (Phi) is 15.9. The summed E-state index contributed by atoms with van der Waals surface area (Å²) in [6.07, 6.45) is -2.56. The molecule has 6 rings (SSSR count). The normalized spacial score (nSPS) is 19.6. The summed E-state index contributed by atoms with van der Waals surface area (Å²) in [6.45, 7) is 1.88. The van der Waals surface area contributed by atoms with Crippen molar-refractivity contribution in [2.24, 2.45) is 0 Å². The number of rotatable bonds is 22. The van der Waals surface area contributed by atoms with Crippen LogP contribution in [0.15, 0.2) is 152 Å². The zero-order valence-corrected chi connectivity index (χ0v) is 32.3. The molecule has 5 aromatic carbocycles. The summed E-state index contributed by atoms with van der Waals surface area (Å²) < 4.78 is 72.5. The van der Waals surface area contributed by atoms with E-state index in [2.05, 4.69) is 0 Å². The van der Waals surface area contributed by atoms with E-state index in [1.54, 1.807) is 0 Å². The maximum Gasteiger partial charge on any atom is 0.397 e. The first-order chi connectivity index (χ1) is 26.9. The van der Waals surface area contributed by atoms with Gasteiger partial charge in [0.15, 0.2) is 5.25 Å². The fourth-order valence-electron chi connectivity index (χ4n) is 6.48. The average Bonchev–Trinajstić information content (AvgIpc) is 3.54. The molecule has 1 aliphatic rings. The van der Waals surface area contributed by atoms with Crippen molar-refractivity contribution in [3.05, 3.63) is 179 Å². The van der Waals surface area contributed by atoms with E-state index in [0.717, 1.165) is 27.8 Å².